The van der Waals surface area contributed by atoms with Gasteiger partial charge >= 0.3 is 5.97 Å². The van der Waals surface area contributed by atoms with Crippen LogP contribution in [0.3, 0.4) is 0 Å². The van der Waals surface area contributed by atoms with Gasteiger partial charge in [-0.15, -0.1) is 11.3 Å². The van der Waals surface area contributed by atoms with Gasteiger partial charge in [-0.05, 0) is 61.1 Å². The quantitative estimate of drug-likeness (QED) is 0.645. The zero-order valence-electron chi connectivity index (χ0n) is 14.6. The Balaban J connectivity index is 1.54. The summed E-state index contributed by atoms with van der Waals surface area (Å²) in [5.41, 5.74) is 6.42. The van der Waals surface area contributed by atoms with Crippen molar-refractivity contribution in [1.29, 1.82) is 0 Å². The van der Waals surface area contributed by atoms with Crippen LogP contribution < -0.4 is 5.32 Å². The van der Waals surface area contributed by atoms with Crippen molar-refractivity contribution in [2.45, 2.75) is 25.7 Å². The predicted octanol–water partition coefficient (Wildman–Crippen LogP) is 5.22. The van der Waals surface area contributed by atoms with Crippen molar-refractivity contribution in [3.63, 3.8) is 0 Å². The lowest BCUT2D eigenvalue weighted by molar-refractivity contribution is 0.0601. The highest BCUT2D eigenvalue weighted by atomic mass is 32.1. The highest BCUT2D eigenvalue weighted by molar-refractivity contribution is 7.14. The molecule has 0 atom stereocenters. The SMILES string of the molecule is COC(=O)c1cccc(Nc2nc(-c3ccc4c(c3)CCCC4)cs2)c1. The Morgan fingerprint density at radius 2 is 1.96 bits per heavy atom. The van der Waals surface area contributed by atoms with E-state index in [4.69, 9.17) is 9.72 Å². The molecule has 1 aliphatic rings. The molecule has 0 saturated heterocycles. The van der Waals surface area contributed by atoms with Crippen molar-refractivity contribution in [1.82, 2.24) is 4.98 Å². The number of rotatable bonds is 4. The Morgan fingerprint density at radius 3 is 2.81 bits per heavy atom. The molecule has 0 fully saturated rings. The molecule has 3 aromatic rings. The van der Waals surface area contributed by atoms with Crippen LogP contribution in [-0.4, -0.2) is 18.1 Å². The van der Waals surface area contributed by atoms with E-state index in [-0.39, 0.29) is 5.97 Å². The van der Waals surface area contributed by atoms with E-state index < -0.39 is 0 Å². The van der Waals surface area contributed by atoms with Gasteiger partial charge in [0.25, 0.3) is 0 Å². The van der Waals surface area contributed by atoms with Gasteiger partial charge in [-0.2, -0.15) is 0 Å². The van der Waals surface area contributed by atoms with E-state index in [1.807, 2.05) is 12.1 Å². The summed E-state index contributed by atoms with van der Waals surface area (Å²) in [7, 11) is 1.38. The van der Waals surface area contributed by atoms with Gasteiger partial charge in [0, 0.05) is 16.6 Å². The number of hydrogen-bond donors (Lipinski definition) is 1. The van der Waals surface area contributed by atoms with Crippen molar-refractivity contribution in [2.75, 3.05) is 12.4 Å². The number of thiazole rings is 1. The van der Waals surface area contributed by atoms with Crippen molar-refractivity contribution >= 4 is 28.1 Å². The summed E-state index contributed by atoms with van der Waals surface area (Å²) in [6.07, 6.45) is 4.92. The van der Waals surface area contributed by atoms with Crippen LogP contribution >= 0.6 is 11.3 Å². The van der Waals surface area contributed by atoms with Gasteiger partial charge in [0.1, 0.15) is 0 Å². The fourth-order valence-electron chi connectivity index (χ4n) is 3.32. The number of aryl methyl sites for hydroxylation is 2. The van der Waals surface area contributed by atoms with Crippen LogP contribution in [0, 0.1) is 0 Å². The Labute approximate surface area is 156 Å². The molecule has 0 amide bonds. The average Bonchev–Trinajstić information content (AvgIpc) is 3.15. The molecule has 2 aromatic carbocycles. The second kappa shape index (κ2) is 7.30. The number of esters is 1. The number of carbonyl (C=O) groups is 1. The van der Waals surface area contributed by atoms with Crippen molar-refractivity contribution in [3.05, 3.63) is 64.5 Å². The summed E-state index contributed by atoms with van der Waals surface area (Å²) in [6.45, 7) is 0. The zero-order chi connectivity index (χ0) is 17.9. The lowest BCUT2D eigenvalue weighted by Crippen LogP contribution is -2.02. The number of fused-ring (bicyclic) bond motifs is 1. The van der Waals surface area contributed by atoms with Gasteiger partial charge in [0.15, 0.2) is 5.13 Å². The number of ether oxygens (including phenoxy) is 1. The third-order valence-corrected chi connectivity index (χ3v) is 5.44. The van der Waals surface area contributed by atoms with Crippen molar-refractivity contribution < 1.29 is 9.53 Å². The molecule has 4 nitrogen and oxygen atoms in total. The molecule has 1 N–H and O–H groups in total. The summed E-state index contributed by atoms with van der Waals surface area (Å²) < 4.78 is 4.77. The number of carbonyl (C=O) groups excluding carboxylic acids is 1. The van der Waals surface area contributed by atoms with Crippen LogP contribution in [0.4, 0.5) is 10.8 Å². The lowest BCUT2D eigenvalue weighted by atomic mass is 9.90. The second-order valence-electron chi connectivity index (χ2n) is 6.43. The van der Waals surface area contributed by atoms with Crippen LogP contribution in [0.5, 0.6) is 0 Å². The summed E-state index contributed by atoms with van der Waals surface area (Å²) >= 11 is 1.56. The van der Waals surface area contributed by atoms with Gasteiger partial charge in [-0.3, -0.25) is 0 Å². The van der Waals surface area contributed by atoms with Gasteiger partial charge in [-0.1, -0.05) is 18.2 Å². The van der Waals surface area contributed by atoms with Crippen LogP contribution in [0.2, 0.25) is 0 Å². The molecule has 0 bridgehead atoms. The fourth-order valence-corrected chi connectivity index (χ4v) is 4.06. The van der Waals surface area contributed by atoms with Crippen LogP contribution in [0.1, 0.15) is 34.3 Å². The van der Waals surface area contributed by atoms with Crippen LogP contribution in [-0.2, 0) is 17.6 Å². The monoisotopic (exact) mass is 364 g/mol. The minimum Gasteiger partial charge on any atom is -0.465 e. The van der Waals surface area contributed by atoms with Gasteiger partial charge < -0.3 is 10.1 Å². The van der Waals surface area contributed by atoms with E-state index in [0.717, 1.165) is 16.5 Å². The third kappa shape index (κ3) is 3.48. The standard InChI is InChI=1S/C21H20N2O2S/c1-25-20(24)17-7-4-8-18(12-17)22-21-23-19(13-26-21)16-10-9-14-5-2-3-6-15(14)11-16/h4,7-13H,2-3,5-6H2,1H3,(H,22,23). The predicted molar refractivity (Wildman–Crippen MR) is 105 cm³/mol. The van der Waals surface area contributed by atoms with Crippen molar-refractivity contribution in [3.8, 4) is 11.3 Å². The first kappa shape index (κ1) is 16.8. The van der Waals surface area contributed by atoms with E-state index in [1.54, 1.807) is 23.5 Å². The highest BCUT2D eigenvalue weighted by Crippen LogP contribution is 2.30. The normalized spacial score (nSPS) is 13.1. The Morgan fingerprint density at radius 1 is 1.12 bits per heavy atom. The fraction of sp³-hybridized carbons (Fsp3) is 0.238. The molecule has 0 saturated carbocycles. The molecule has 0 spiro atoms. The maximum Gasteiger partial charge on any atom is 0.337 e. The molecule has 0 aliphatic heterocycles. The first-order valence-electron chi connectivity index (χ1n) is 8.76. The first-order valence-corrected chi connectivity index (χ1v) is 9.64. The molecular formula is C21H20N2O2S. The minimum atomic E-state index is -0.345. The maximum atomic E-state index is 11.7. The molecule has 1 aromatic heterocycles. The van der Waals surface area contributed by atoms with E-state index in [0.29, 0.717) is 5.56 Å². The summed E-state index contributed by atoms with van der Waals surface area (Å²) in [6, 6.07) is 13.9. The number of methoxy groups -OCH3 is 1. The molecule has 1 heterocycles. The minimum absolute atomic E-state index is 0.345. The summed E-state index contributed by atoms with van der Waals surface area (Å²) in [4.78, 5) is 16.4. The number of nitrogens with one attached hydrogen (secondary N) is 1. The van der Waals surface area contributed by atoms with Gasteiger partial charge in [0.2, 0.25) is 0 Å². The number of benzene rings is 2. The van der Waals surface area contributed by atoms with E-state index in [9.17, 15) is 4.79 Å². The number of nitrogens with zero attached hydrogens (tertiary/aromatic N) is 1. The number of hydrogen-bond acceptors (Lipinski definition) is 5. The molecule has 26 heavy (non-hydrogen) atoms. The van der Waals surface area contributed by atoms with Crippen LogP contribution in [0.15, 0.2) is 47.8 Å². The molecule has 132 valence electrons. The number of aromatic nitrogens is 1. The average molecular weight is 364 g/mol. The second-order valence-corrected chi connectivity index (χ2v) is 7.28. The number of anilines is 2. The van der Waals surface area contributed by atoms with E-state index >= 15 is 0 Å². The third-order valence-electron chi connectivity index (χ3n) is 4.68. The zero-order valence-corrected chi connectivity index (χ0v) is 15.4. The lowest BCUT2D eigenvalue weighted by Gasteiger charge is -2.16. The summed E-state index contributed by atoms with van der Waals surface area (Å²) in [5.74, 6) is -0.345. The molecule has 0 unspecified atom stereocenters. The Kier molecular flexibility index (Phi) is 4.71. The highest BCUT2D eigenvalue weighted by Gasteiger charge is 2.12. The smallest absolute Gasteiger partial charge is 0.337 e. The molecular weight excluding hydrogens is 344 g/mol. The topological polar surface area (TPSA) is 51.2 Å². The maximum absolute atomic E-state index is 11.7. The van der Waals surface area contributed by atoms with Crippen LogP contribution in [0.25, 0.3) is 11.3 Å². The Bertz CT molecular complexity index is 949. The largest absolute Gasteiger partial charge is 0.465 e. The van der Waals surface area contributed by atoms with Gasteiger partial charge in [0.05, 0.1) is 18.4 Å². The Hall–Kier alpha value is -2.66. The van der Waals surface area contributed by atoms with E-state index in [2.05, 4.69) is 28.9 Å². The molecule has 5 heteroatoms. The van der Waals surface area contributed by atoms with E-state index in [1.165, 1.54) is 49.5 Å². The van der Waals surface area contributed by atoms with Gasteiger partial charge in [-0.25, -0.2) is 9.78 Å². The van der Waals surface area contributed by atoms with Crippen molar-refractivity contribution in [2.24, 2.45) is 0 Å². The molecule has 0 radical (unpaired) electrons. The molecule has 1 aliphatic carbocycles. The summed E-state index contributed by atoms with van der Waals surface area (Å²) in [5, 5.41) is 6.15. The first-order chi connectivity index (χ1) is 12.7. The molecule has 4 rings (SSSR count).